The number of nitrogens with zero attached hydrogens (tertiary/aromatic N) is 9. The molecule has 0 aliphatic carbocycles. The average Bonchev–Trinajstić information content (AvgIpc) is 3.71. The molecular weight excluding hydrogens is 789 g/mol. The van der Waals surface area contributed by atoms with Crippen molar-refractivity contribution in [3.63, 3.8) is 0 Å². The van der Waals surface area contributed by atoms with Crippen LogP contribution in [0.2, 0.25) is 0 Å². The van der Waals surface area contributed by atoms with Gasteiger partial charge in [0, 0.05) is 96.0 Å². The summed E-state index contributed by atoms with van der Waals surface area (Å²) >= 11 is 0. The zero-order valence-corrected chi connectivity index (χ0v) is 35.8. The van der Waals surface area contributed by atoms with Crippen molar-refractivity contribution < 1.29 is 29.3 Å². The maximum atomic E-state index is 13.7. The molecule has 5 aliphatic heterocycles. The number of carbonyl (C=O) groups excluding carboxylic acids is 2. The highest BCUT2D eigenvalue weighted by atomic mass is 16.5. The van der Waals surface area contributed by atoms with Crippen LogP contribution in [-0.2, 0) is 35.6 Å². The van der Waals surface area contributed by atoms with Gasteiger partial charge in [-0.15, -0.1) is 0 Å². The molecule has 9 rings (SSSR count). The number of morpholine rings is 1. The van der Waals surface area contributed by atoms with Crippen LogP contribution in [0.5, 0.6) is 17.2 Å². The van der Waals surface area contributed by atoms with Crippen molar-refractivity contribution >= 4 is 23.6 Å². The summed E-state index contributed by atoms with van der Waals surface area (Å²) in [6.07, 6.45) is 8.14. The van der Waals surface area contributed by atoms with Gasteiger partial charge in [0.2, 0.25) is 11.9 Å². The highest BCUT2D eigenvalue weighted by molar-refractivity contribution is 5.97. The van der Waals surface area contributed by atoms with E-state index in [1.54, 1.807) is 23.4 Å². The van der Waals surface area contributed by atoms with Crippen molar-refractivity contribution in [1.82, 2.24) is 39.5 Å². The number of anilines is 2. The third-order valence-electron chi connectivity index (χ3n) is 13.2. The van der Waals surface area contributed by atoms with Crippen LogP contribution in [0, 0.1) is 5.92 Å². The molecule has 0 radical (unpaired) electrons. The predicted octanol–water partition coefficient (Wildman–Crippen LogP) is 4.18. The molecule has 0 spiro atoms. The highest BCUT2D eigenvalue weighted by Crippen LogP contribution is 2.36. The van der Waals surface area contributed by atoms with Gasteiger partial charge in [-0.2, -0.15) is 0 Å². The number of aromatic hydroxyl groups is 2. The Hall–Kier alpha value is -5.58. The van der Waals surface area contributed by atoms with Gasteiger partial charge in [-0.1, -0.05) is 19.9 Å². The largest absolute Gasteiger partial charge is 0.508 e. The molecule has 2 aromatic carbocycles. The first kappa shape index (κ1) is 41.8. The third kappa shape index (κ3) is 9.13. The summed E-state index contributed by atoms with van der Waals surface area (Å²) in [5.74, 6) is 2.82. The minimum atomic E-state index is -0.256. The van der Waals surface area contributed by atoms with Gasteiger partial charge in [-0.25, -0.2) is 19.9 Å². The number of aromatic nitrogens is 4. The third-order valence-corrected chi connectivity index (χ3v) is 13.2. The van der Waals surface area contributed by atoms with Crippen LogP contribution in [0.15, 0.2) is 42.7 Å². The van der Waals surface area contributed by atoms with E-state index in [1.165, 1.54) is 6.07 Å². The first-order valence-corrected chi connectivity index (χ1v) is 22.2. The van der Waals surface area contributed by atoms with E-state index < -0.39 is 0 Å². The number of fused-ring (bicyclic) bond motifs is 2. The Balaban J connectivity index is 0.725. The summed E-state index contributed by atoms with van der Waals surface area (Å²) in [5.41, 5.74) is 11.5. The lowest BCUT2D eigenvalue weighted by Crippen LogP contribution is -2.47. The topological polar surface area (TPSA) is 187 Å². The van der Waals surface area contributed by atoms with Crippen LogP contribution in [0.4, 0.5) is 11.8 Å². The van der Waals surface area contributed by atoms with Gasteiger partial charge in [0.05, 0.1) is 36.6 Å². The number of carbonyl (C=O) groups is 2. The number of likely N-dealkylation sites (tertiary alicyclic amines) is 2. The second-order valence-corrected chi connectivity index (χ2v) is 17.8. The van der Waals surface area contributed by atoms with E-state index >= 15 is 0 Å². The molecule has 3 fully saturated rings. The van der Waals surface area contributed by atoms with E-state index in [0.717, 1.165) is 118 Å². The zero-order valence-electron chi connectivity index (χ0n) is 35.8. The molecule has 0 atom stereocenters. The van der Waals surface area contributed by atoms with Crippen LogP contribution >= 0.6 is 0 Å². The van der Waals surface area contributed by atoms with E-state index in [4.69, 9.17) is 25.2 Å². The molecule has 328 valence electrons. The highest BCUT2D eigenvalue weighted by Gasteiger charge is 2.32. The fourth-order valence-corrected chi connectivity index (χ4v) is 9.63. The molecular formula is C46H58N10O6. The summed E-state index contributed by atoms with van der Waals surface area (Å²) in [6, 6.07) is 8.96. The van der Waals surface area contributed by atoms with Gasteiger partial charge in [0.25, 0.3) is 5.91 Å². The molecule has 0 unspecified atom stereocenters. The zero-order chi connectivity index (χ0) is 42.9. The molecule has 0 bridgehead atoms. The van der Waals surface area contributed by atoms with Crippen molar-refractivity contribution in [2.24, 2.45) is 5.92 Å². The number of piperidine rings is 2. The number of amides is 2. The number of nitrogen functional groups attached to an aromatic ring is 1. The summed E-state index contributed by atoms with van der Waals surface area (Å²) < 4.78 is 12.1. The number of rotatable bonds is 10. The maximum absolute atomic E-state index is 13.7. The molecule has 16 heteroatoms. The molecule has 4 aromatic rings. The average molecular weight is 847 g/mol. The molecule has 3 saturated heterocycles. The Bertz CT molecular complexity index is 2270. The van der Waals surface area contributed by atoms with Crippen LogP contribution in [0.1, 0.15) is 83.8 Å². The molecule has 0 saturated carbocycles. The first-order chi connectivity index (χ1) is 30.0. The van der Waals surface area contributed by atoms with E-state index in [0.29, 0.717) is 62.3 Å². The van der Waals surface area contributed by atoms with Crippen LogP contribution in [0.25, 0.3) is 11.4 Å². The monoisotopic (exact) mass is 846 g/mol. The second kappa shape index (κ2) is 18.0. The van der Waals surface area contributed by atoms with Gasteiger partial charge >= 0.3 is 0 Å². The number of hydrogen-bond donors (Lipinski definition) is 3. The first-order valence-electron chi connectivity index (χ1n) is 22.2. The van der Waals surface area contributed by atoms with Crippen LogP contribution < -0.4 is 15.4 Å². The van der Waals surface area contributed by atoms with Gasteiger partial charge in [0.1, 0.15) is 29.2 Å². The summed E-state index contributed by atoms with van der Waals surface area (Å²) in [4.78, 5) is 56.2. The van der Waals surface area contributed by atoms with Crippen molar-refractivity contribution in [1.29, 1.82) is 0 Å². The summed E-state index contributed by atoms with van der Waals surface area (Å²) in [6.45, 7) is 13.9. The van der Waals surface area contributed by atoms with Gasteiger partial charge < -0.3 is 45.0 Å². The minimum absolute atomic E-state index is 0.00412. The molecule has 5 aliphatic rings. The molecule has 62 heavy (non-hydrogen) atoms. The normalized spacial score (nSPS) is 19.2. The van der Waals surface area contributed by atoms with E-state index in [1.807, 2.05) is 30.9 Å². The molecule has 2 aromatic heterocycles. The lowest BCUT2D eigenvalue weighted by atomic mass is 9.95. The minimum Gasteiger partial charge on any atom is -0.508 e. The van der Waals surface area contributed by atoms with Crippen molar-refractivity contribution in [2.45, 2.75) is 77.6 Å². The standard InChI is InChI=1S/C46H58N10O6/c1-29(2)37-20-38(41(58)21-40(37)57)45(60)56-25-31-3-4-35(19-32(31)26-56)62-34-7-10-52(11-8-34)24-30-5-13-54(14-6-30)42(59)28-53-12-9-36-39(27-53)50-43(33-22-48-46(47)49-23-33)51-44(36)55-15-17-61-18-16-55/h3-4,19-23,29-30,34,57-58H,5-18,24-28H2,1-2H3,(H2,47,48,49). The summed E-state index contributed by atoms with van der Waals surface area (Å²) in [5, 5.41) is 20.8. The lowest BCUT2D eigenvalue weighted by molar-refractivity contribution is -0.134. The van der Waals surface area contributed by atoms with Gasteiger partial charge in [-0.3, -0.25) is 14.5 Å². The van der Waals surface area contributed by atoms with E-state index in [-0.39, 0.29) is 46.8 Å². The fourth-order valence-electron chi connectivity index (χ4n) is 9.63. The Morgan fingerprint density at radius 2 is 1.58 bits per heavy atom. The number of nitrogens with two attached hydrogens (primary N) is 1. The van der Waals surface area contributed by atoms with Crippen molar-refractivity contribution in [3.05, 3.63) is 76.2 Å². The number of benzene rings is 2. The molecule has 2 amide bonds. The van der Waals surface area contributed by atoms with E-state index in [9.17, 15) is 19.8 Å². The second-order valence-electron chi connectivity index (χ2n) is 17.8. The Kier molecular flexibility index (Phi) is 12.1. The van der Waals surface area contributed by atoms with Crippen LogP contribution in [-0.4, -0.2) is 140 Å². The van der Waals surface area contributed by atoms with E-state index in [2.05, 4.69) is 30.7 Å². The van der Waals surface area contributed by atoms with Gasteiger partial charge in [0.15, 0.2) is 5.82 Å². The predicted molar refractivity (Wildman–Crippen MR) is 233 cm³/mol. The maximum Gasteiger partial charge on any atom is 0.258 e. The quantitative estimate of drug-likeness (QED) is 0.206. The van der Waals surface area contributed by atoms with Gasteiger partial charge in [-0.05, 0) is 78.8 Å². The number of hydrogen-bond acceptors (Lipinski definition) is 14. The molecule has 7 heterocycles. The SMILES string of the molecule is CC(C)c1cc(C(=O)N2Cc3ccc(OC4CCN(CC5CCN(C(=O)CN6CCc7c(nc(-c8cnc(N)nc8)nc7N7CCOCC7)C6)CC5)CC4)cc3C2)c(O)cc1O. The lowest BCUT2D eigenvalue weighted by Gasteiger charge is -2.38. The number of phenolic OH excluding ortho intramolecular Hbond substituents is 2. The van der Waals surface area contributed by atoms with Crippen molar-refractivity contribution in [3.8, 4) is 28.6 Å². The number of phenols is 2. The fraction of sp³-hybridized carbons (Fsp3) is 0.522. The molecule has 4 N–H and O–H groups in total. The van der Waals surface area contributed by atoms with Crippen molar-refractivity contribution in [2.75, 3.05) is 82.8 Å². The smallest absolute Gasteiger partial charge is 0.258 e. The molecule has 16 nitrogen and oxygen atoms in total. The summed E-state index contributed by atoms with van der Waals surface area (Å²) in [7, 11) is 0. The Morgan fingerprint density at radius 1 is 0.839 bits per heavy atom. The number of ether oxygens (including phenoxy) is 2. The van der Waals surface area contributed by atoms with Crippen LogP contribution in [0.3, 0.4) is 0 Å². The Morgan fingerprint density at radius 3 is 2.32 bits per heavy atom. The Labute approximate surface area is 362 Å².